The molecule has 0 spiro atoms. The molecule has 2 heterocycles. The van der Waals surface area contributed by atoms with Gasteiger partial charge >= 0.3 is 0 Å². The lowest BCUT2D eigenvalue weighted by Gasteiger charge is -2.40. The topological polar surface area (TPSA) is 24.1 Å². The highest BCUT2D eigenvalue weighted by molar-refractivity contribution is 8.00. The summed E-state index contributed by atoms with van der Waals surface area (Å²) in [6.45, 7) is 1.24. The van der Waals surface area contributed by atoms with E-state index in [9.17, 15) is 0 Å². The summed E-state index contributed by atoms with van der Waals surface area (Å²) in [6.07, 6.45) is 6.58. The lowest BCUT2D eigenvalue weighted by Crippen LogP contribution is -2.49. The molecule has 2 N–H and O–H groups in total. The summed E-state index contributed by atoms with van der Waals surface area (Å²) in [5.74, 6) is 1.71. The van der Waals surface area contributed by atoms with Crippen LogP contribution < -0.4 is 10.0 Å². The van der Waals surface area contributed by atoms with Crippen LogP contribution in [0.4, 0.5) is 0 Å². The molecule has 2 aliphatic heterocycles. The van der Waals surface area contributed by atoms with Gasteiger partial charge in [-0.2, -0.15) is 0 Å². The third-order valence-corrected chi connectivity index (χ3v) is 4.45. The van der Waals surface area contributed by atoms with Crippen molar-refractivity contribution >= 4 is 11.9 Å². The molecule has 3 heteroatoms. The highest BCUT2D eigenvalue weighted by Gasteiger charge is 2.41. The molecule has 13 heavy (non-hydrogen) atoms. The van der Waals surface area contributed by atoms with Gasteiger partial charge in [-0.1, -0.05) is 18.0 Å². The van der Waals surface area contributed by atoms with Crippen molar-refractivity contribution in [2.45, 2.75) is 31.3 Å². The molecule has 0 amide bonds. The maximum Gasteiger partial charge on any atom is 0.0253 e. The minimum atomic E-state index is 0.724. The van der Waals surface area contributed by atoms with Crippen LogP contribution in [0.3, 0.4) is 0 Å². The van der Waals surface area contributed by atoms with Gasteiger partial charge in [0.1, 0.15) is 0 Å². The van der Waals surface area contributed by atoms with Crippen molar-refractivity contribution in [2.24, 2.45) is 11.8 Å². The SMILES string of the molecule is C1=CC2C(CCC3CCNC32)NS1. The average molecular weight is 196 g/mol. The van der Waals surface area contributed by atoms with Crippen molar-refractivity contribution in [3.05, 3.63) is 11.5 Å². The molecule has 0 radical (unpaired) electrons. The second kappa shape index (κ2) is 3.30. The standard InChI is InChI=1S/C10H16N2S/c1-2-9-8(4-6-13-12-9)10-7(1)3-5-11-10/h4,6-12H,1-3,5H2. The van der Waals surface area contributed by atoms with Crippen molar-refractivity contribution in [2.75, 3.05) is 6.54 Å². The zero-order chi connectivity index (χ0) is 8.67. The Balaban J connectivity index is 1.84. The van der Waals surface area contributed by atoms with Crippen LogP contribution in [0.25, 0.3) is 0 Å². The molecular weight excluding hydrogens is 180 g/mol. The zero-order valence-corrected chi connectivity index (χ0v) is 8.52. The van der Waals surface area contributed by atoms with Crippen LogP contribution in [0.1, 0.15) is 19.3 Å². The summed E-state index contributed by atoms with van der Waals surface area (Å²) < 4.78 is 3.52. The van der Waals surface area contributed by atoms with E-state index in [1.54, 1.807) is 11.9 Å². The van der Waals surface area contributed by atoms with Gasteiger partial charge in [-0.15, -0.1) is 0 Å². The van der Waals surface area contributed by atoms with Gasteiger partial charge < -0.3 is 5.32 Å². The summed E-state index contributed by atoms with van der Waals surface area (Å²) in [7, 11) is 0. The Bertz CT molecular complexity index is 229. The molecule has 0 aromatic heterocycles. The molecule has 1 saturated heterocycles. The minimum absolute atomic E-state index is 0.724. The molecule has 2 fully saturated rings. The van der Waals surface area contributed by atoms with Crippen molar-refractivity contribution in [1.29, 1.82) is 0 Å². The maximum absolute atomic E-state index is 3.66. The summed E-state index contributed by atoms with van der Waals surface area (Å²) in [4.78, 5) is 0. The molecule has 3 rings (SSSR count). The van der Waals surface area contributed by atoms with Crippen LogP contribution in [-0.4, -0.2) is 18.6 Å². The number of hydrogen-bond donors (Lipinski definition) is 2. The fourth-order valence-electron chi connectivity index (χ4n) is 3.04. The molecule has 1 aliphatic carbocycles. The van der Waals surface area contributed by atoms with E-state index in [1.807, 2.05) is 0 Å². The van der Waals surface area contributed by atoms with E-state index in [0.717, 1.165) is 23.9 Å². The van der Waals surface area contributed by atoms with E-state index in [1.165, 1.54) is 25.8 Å². The van der Waals surface area contributed by atoms with Crippen molar-refractivity contribution in [3.63, 3.8) is 0 Å². The van der Waals surface area contributed by atoms with Gasteiger partial charge in [0, 0.05) is 18.0 Å². The van der Waals surface area contributed by atoms with E-state index in [2.05, 4.69) is 21.5 Å². The van der Waals surface area contributed by atoms with Crippen LogP contribution in [0.2, 0.25) is 0 Å². The van der Waals surface area contributed by atoms with E-state index in [-0.39, 0.29) is 0 Å². The first-order valence-corrected chi connectivity index (χ1v) is 6.14. The first-order chi connectivity index (χ1) is 6.45. The highest BCUT2D eigenvalue weighted by atomic mass is 32.2. The molecule has 4 atom stereocenters. The minimum Gasteiger partial charge on any atom is -0.313 e. The quantitative estimate of drug-likeness (QED) is 0.574. The van der Waals surface area contributed by atoms with Crippen LogP contribution in [0.5, 0.6) is 0 Å². The summed E-state index contributed by atoms with van der Waals surface area (Å²) in [6, 6.07) is 1.49. The molecule has 0 bridgehead atoms. The summed E-state index contributed by atoms with van der Waals surface area (Å²) in [5, 5.41) is 5.87. The summed E-state index contributed by atoms with van der Waals surface area (Å²) in [5.41, 5.74) is 0. The van der Waals surface area contributed by atoms with Gasteiger partial charge in [0.05, 0.1) is 0 Å². The fourth-order valence-corrected chi connectivity index (χ4v) is 3.83. The largest absolute Gasteiger partial charge is 0.313 e. The fraction of sp³-hybridized carbons (Fsp3) is 0.800. The second-order valence-corrected chi connectivity index (χ2v) is 5.10. The van der Waals surface area contributed by atoms with Gasteiger partial charge in [-0.3, -0.25) is 4.72 Å². The number of fused-ring (bicyclic) bond motifs is 3. The van der Waals surface area contributed by atoms with Crippen LogP contribution in [0.15, 0.2) is 11.5 Å². The Morgan fingerprint density at radius 2 is 2.23 bits per heavy atom. The van der Waals surface area contributed by atoms with E-state index in [4.69, 9.17) is 0 Å². The Labute approximate surface area is 83.7 Å². The number of hydrogen-bond acceptors (Lipinski definition) is 3. The Hall–Kier alpha value is 0.0100. The molecule has 1 saturated carbocycles. The summed E-state index contributed by atoms with van der Waals surface area (Å²) >= 11 is 1.76. The molecule has 4 unspecified atom stereocenters. The molecule has 0 aromatic rings. The van der Waals surface area contributed by atoms with Gasteiger partial charge in [0.25, 0.3) is 0 Å². The van der Waals surface area contributed by atoms with Crippen molar-refractivity contribution in [1.82, 2.24) is 10.0 Å². The van der Waals surface area contributed by atoms with Crippen LogP contribution in [-0.2, 0) is 0 Å². The zero-order valence-electron chi connectivity index (χ0n) is 7.70. The molecular formula is C10H16N2S. The Kier molecular flexibility index (Phi) is 2.11. The highest BCUT2D eigenvalue weighted by Crippen LogP contribution is 2.38. The number of nitrogens with one attached hydrogen (secondary N) is 2. The van der Waals surface area contributed by atoms with Crippen molar-refractivity contribution < 1.29 is 0 Å². The van der Waals surface area contributed by atoms with Gasteiger partial charge in [-0.05, 0) is 37.1 Å². The first kappa shape index (κ1) is 8.33. The number of rotatable bonds is 0. The second-order valence-electron chi connectivity index (χ2n) is 4.35. The Morgan fingerprint density at radius 1 is 1.23 bits per heavy atom. The maximum atomic E-state index is 3.66. The predicted octanol–water partition coefficient (Wildman–Crippen LogP) is 1.51. The van der Waals surface area contributed by atoms with Gasteiger partial charge in [-0.25, -0.2) is 0 Å². The van der Waals surface area contributed by atoms with Crippen molar-refractivity contribution in [3.8, 4) is 0 Å². The third kappa shape index (κ3) is 1.34. The van der Waals surface area contributed by atoms with Gasteiger partial charge in [0.15, 0.2) is 0 Å². The lowest BCUT2D eigenvalue weighted by atomic mass is 9.75. The van der Waals surface area contributed by atoms with E-state index >= 15 is 0 Å². The van der Waals surface area contributed by atoms with E-state index < -0.39 is 0 Å². The van der Waals surface area contributed by atoms with Crippen LogP contribution in [0, 0.1) is 11.8 Å². The normalized spacial score (nSPS) is 48.6. The first-order valence-electron chi connectivity index (χ1n) is 5.26. The smallest absolute Gasteiger partial charge is 0.0253 e. The Morgan fingerprint density at radius 3 is 3.23 bits per heavy atom. The molecule has 3 aliphatic rings. The monoisotopic (exact) mass is 196 g/mol. The lowest BCUT2D eigenvalue weighted by molar-refractivity contribution is 0.227. The third-order valence-electron chi connectivity index (χ3n) is 3.72. The molecule has 0 aromatic carbocycles. The average Bonchev–Trinajstić information content (AvgIpc) is 2.65. The van der Waals surface area contributed by atoms with Crippen LogP contribution >= 0.6 is 11.9 Å². The molecule has 72 valence electrons. The molecule has 2 nitrogen and oxygen atoms in total. The van der Waals surface area contributed by atoms with Gasteiger partial charge in [0.2, 0.25) is 0 Å². The predicted molar refractivity (Wildman–Crippen MR) is 56.3 cm³/mol. The van der Waals surface area contributed by atoms with E-state index in [0.29, 0.717) is 0 Å².